The van der Waals surface area contributed by atoms with Crippen molar-refractivity contribution in [2.75, 3.05) is 13.7 Å². The van der Waals surface area contributed by atoms with Crippen LogP contribution in [-0.4, -0.2) is 36.4 Å². The molecule has 0 aliphatic heterocycles. The normalized spacial score (nSPS) is 11.6. The quantitative estimate of drug-likeness (QED) is 0.620. The number of nitrogens with one attached hydrogen (secondary N) is 1. The molecule has 0 aromatic heterocycles. The van der Waals surface area contributed by atoms with Crippen LogP contribution in [0.1, 0.15) is 43.4 Å². The maximum atomic E-state index is 13.1. The lowest BCUT2D eigenvalue weighted by molar-refractivity contribution is -0.140. The van der Waals surface area contributed by atoms with Gasteiger partial charge in [-0.05, 0) is 43.5 Å². The molecule has 0 radical (unpaired) electrons. The fraction of sp³-hybridized carbons (Fsp3) is 0.417. The van der Waals surface area contributed by atoms with Gasteiger partial charge in [0, 0.05) is 13.1 Å². The SMILES string of the molecule is CCCCNC(=O)[C@@H](C)N(Cc1ccc(C)cc1)C(=O)Cc1ccc(OC)cc1. The van der Waals surface area contributed by atoms with Crippen LogP contribution < -0.4 is 10.1 Å². The van der Waals surface area contributed by atoms with E-state index in [-0.39, 0.29) is 18.2 Å². The first-order valence-electron chi connectivity index (χ1n) is 10.2. The Kier molecular flexibility index (Phi) is 8.71. The van der Waals surface area contributed by atoms with E-state index in [0.717, 1.165) is 35.3 Å². The fourth-order valence-corrected chi connectivity index (χ4v) is 3.03. The Balaban J connectivity index is 2.15. The molecule has 2 rings (SSSR count). The van der Waals surface area contributed by atoms with E-state index in [1.54, 1.807) is 18.9 Å². The van der Waals surface area contributed by atoms with Gasteiger partial charge in [-0.25, -0.2) is 0 Å². The van der Waals surface area contributed by atoms with Crippen LogP contribution in [0.2, 0.25) is 0 Å². The number of unbranched alkanes of at least 4 members (excludes halogenated alkanes) is 1. The molecule has 29 heavy (non-hydrogen) atoms. The number of ether oxygens (including phenoxy) is 1. The van der Waals surface area contributed by atoms with E-state index in [0.29, 0.717) is 13.1 Å². The van der Waals surface area contributed by atoms with Crippen LogP contribution in [0.15, 0.2) is 48.5 Å². The Bertz CT molecular complexity index is 785. The molecular formula is C24H32N2O3. The van der Waals surface area contributed by atoms with Gasteiger partial charge in [-0.2, -0.15) is 0 Å². The molecule has 0 spiro atoms. The van der Waals surface area contributed by atoms with E-state index in [1.165, 1.54) is 0 Å². The zero-order valence-corrected chi connectivity index (χ0v) is 17.9. The molecule has 0 aliphatic rings. The van der Waals surface area contributed by atoms with Gasteiger partial charge in [0.2, 0.25) is 11.8 Å². The first-order chi connectivity index (χ1) is 13.9. The summed E-state index contributed by atoms with van der Waals surface area (Å²) >= 11 is 0. The summed E-state index contributed by atoms with van der Waals surface area (Å²) in [6.45, 7) is 6.93. The number of hydrogen-bond acceptors (Lipinski definition) is 3. The summed E-state index contributed by atoms with van der Waals surface area (Å²) in [6.07, 6.45) is 2.18. The molecule has 1 atom stereocenters. The van der Waals surface area contributed by atoms with E-state index in [9.17, 15) is 9.59 Å². The van der Waals surface area contributed by atoms with Gasteiger partial charge in [-0.1, -0.05) is 55.3 Å². The van der Waals surface area contributed by atoms with Crippen molar-refractivity contribution < 1.29 is 14.3 Å². The Labute approximate surface area is 174 Å². The molecule has 2 aromatic rings. The number of amides is 2. The molecule has 0 aliphatic carbocycles. The minimum atomic E-state index is -0.543. The molecule has 5 nitrogen and oxygen atoms in total. The summed E-state index contributed by atoms with van der Waals surface area (Å²) < 4.78 is 5.18. The molecule has 156 valence electrons. The summed E-state index contributed by atoms with van der Waals surface area (Å²) in [6, 6.07) is 15.0. The van der Waals surface area contributed by atoms with E-state index in [2.05, 4.69) is 12.2 Å². The van der Waals surface area contributed by atoms with Crippen molar-refractivity contribution in [3.8, 4) is 5.75 Å². The number of benzene rings is 2. The van der Waals surface area contributed by atoms with E-state index in [1.807, 2.05) is 55.5 Å². The second-order valence-corrected chi connectivity index (χ2v) is 7.35. The van der Waals surface area contributed by atoms with Crippen molar-refractivity contribution in [1.82, 2.24) is 10.2 Å². The predicted molar refractivity (Wildman–Crippen MR) is 116 cm³/mol. The third kappa shape index (κ3) is 6.93. The van der Waals surface area contributed by atoms with E-state index in [4.69, 9.17) is 4.74 Å². The highest BCUT2D eigenvalue weighted by molar-refractivity contribution is 5.88. The average Bonchev–Trinajstić information content (AvgIpc) is 2.73. The number of nitrogens with zero attached hydrogens (tertiary/aromatic N) is 1. The zero-order chi connectivity index (χ0) is 21.2. The van der Waals surface area contributed by atoms with Gasteiger partial charge in [0.15, 0.2) is 0 Å². The number of methoxy groups -OCH3 is 1. The number of aryl methyl sites for hydroxylation is 1. The monoisotopic (exact) mass is 396 g/mol. The van der Waals surface area contributed by atoms with Crippen molar-refractivity contribution in [3.63, 3.8) is 0 Å². The average molecular weight is 397 g/mol. The van der Waals surface area contributed by atoms with Crippen LogP contribution in [0.25, 0.3) is 0 Å². The highest BCUT2D eigenvalue weighted by atomic mass is 16.5. The zero-order valence-electron chi connectivity index (χ0n) is 17.9. The summed E-state index contributed by atoms with van der Waals surface area (Å²) in [5, 5.41) is 2.94. The van der Waals surface area contributed by atoms with Gasteiger partial charge < -0.3 is 15.0 Å². The van der Waals surface area contributed by atoms with Crippen LogP contribution in [0.3, 0.4) is 0 Å². The van der Waals surface area contributed by atoms with E-state index >= 15 is 0 Å². The maximum Gasteiger partial charge on any atom is 0.242 e. The second kappa shape index (κ2) is 11.2. The minimum Gasteiger partial charge on any atom is -0.497 e. The smallest absolute Gasteiger partial charge is 0.242 e. The van der Waals surface area contributed by atoms with Crippen LogP contribution in [0.4, 0.5) is 0 Å². The van der Waals surface area contributed by atoms with Crippen molar-refractivity contribution in [3.05, 3.63) is 65.2 Å². The lowest BCUT2D eigenvalue weighted by Crippen LogP contribution is -2.48. The Morgan fingerprint density at radius 3 is 2.24 bits per heavy atom. The Hall–Kier alpha value is -2.82. The maximum absolute atomic E-state index is 13.1. The van der Waals surface area contributed by atoms with Gasteiger partial charge >= 0.3 is 0 Å². The number of rotatable bonds is 10. The molecule has 1 N–H and O–H groups in total. The van der Waals surface area contributed by atoms with Gasteiger partial charge in [0.1, 0.15) is 11.8 Å². The van der Waals surface area contributed by atoms with Crippen LogP contribution in [0, 0.1) is 6.92 Å². The summed E-state index contributed by atoms with van der Waals surface area (Å²) in [4.78, 5) is 27.4. The van der Waals surface area contributed by atoms with Gasteiger partial charge in [0.25, 0.3) is 0 Å². The van der Waals surface area contributed by atoms with E-state index < -0.39 is 6.04 Å². The van der Waals surface area contributed by atoms with Crippen molar-refractivity contribution in [2.24, 2.45) is 0 Å². The van der Waals surface area contributed by atoms with Gasteiger partial charge in [0.05, 0.1) is 13.5 Å². The first kappa shape index (κ1) is 22.5. The van der Waals surface area contributed by atoms with Crippen LogP contribution >= 0.6 is 0 Å². The first-order valence-corrected chi connectivity index (χ1v) is 10.2. The lowest BCUT2D eigenvalue weighted by Gasteiger charge is -2.29. The summed E-state index contributed by atoms with van der Waals surface area (Å²) in [5.41, 5.74) is 3.06. The summed E-state index contributed by atoms with van der Waals surface area (Å²) in [7, 11) is 1.61. The molecule has 0 unspecified atom stereocenters. The van der Waals surface area contributed by atoms with Gasteiger partial charge in [-0.3, -0.25) is 9.59 Å². The number of hydrogen-bond donors (Lipinski definition) is 1. The molecule has 0 saturated carbocycles. The largest absolute Gasteiger partial charge is 0.497 e. The summed E-state index contributed by atoms with van der Waals surface area (Å²) in [5.74, 6) is 0.559. The van der Waals surface area contributed by atoms with Gasteiger partial charge in [-0.15, -0.1) is 0 Å². The molecule has 5 heteroatoms. The number of carbonyl (C=O) groups excluding carboxylic acids is 2. The third-order valence-electron chi connectivity index (χ3n) is 4.98. The van der Waals surface area contributed by atoms with Crippen molar-refractivity contribution in [2.45, 2.75) is 52.6 Å². The molecule has 0 saturated heterocycles. The molecule has 0 bridgehead atoms. The van der Waals surface area contributed by atoms with Crippen LogP contribution in [-0.2, 0) is 22.6 Å². The van der Waals surface area contributed by atoms with Crippen LogP contribution in [0.5, 0.6) is 5.75 Å². The molecular weight excluding hydrogens is 364 g/mol. The second-order valence-electron chi connectivity index (χ2n) is 7.35. The Morgan fingerprint density at radius 1 is 1.03 bits per heavy atom. The molecule has 0 fully saturated rings. The predicted octanol–water partition coefficient (Wildman–Crippen LogP) is 3.88. The molecule has 2 aromatic carbocycles. The molecule has 2 amide bonds. The standard InChI is InChI=1S/C24H32N2O3/c1-5-6-15-25-24(28)19(3)26(17-21-9-7-18(2)8-10-21)23(27)16-20-11-13-22(29-4)14-12-20/h7-14,19H,5-6,15-17H2,1-4H3,(H,25,28)/t19-/m1/s1. The molecule has 0 heterocycles. The fourth-order valence-electron chi connectivity index (χ4n) is 3.03. The Morgan fingerprint density at radius 2 is 1.66 bits per heavy atom. The highest BCUT2D eigenvalue weighted by Gasteiger charge is 2.26. The lowest BCUT2D eigenvalue weighted by atomic mass is 10.1. The van der Waals surface area contributed by atoms with Crippen molar-refractivity contribution >= 4 is 11.8 Å². The number of carbonyl (C=O) groups is 2. The third-order valence-corrected chi connectivity index (χ3v) is 4.98. The minimum absolute atomic E-state index is 0.0751. The van der Waals surface area contributed by atoms with Crippen molar-refractivity contribution in [1.29, 1.82) is 0 Å². The highest BCUT2D eigenvalue weighted by Crippen LogP contribution is 2.16. The topological polar surface area (TPSA) is 58.6 Å².